The van der Waals surface area contributed by atoms with Crippen LogP contribution in [0, 0.1) is 0 Å². The number of carbonyl (C=O) groups excluding carboxylic acids is 1. The molecule has 0 radical (unpaired) electrons. The lowest BCUT2D eigenvalue weighted by Crippen LogP contribution is -2.17. The first-order valence-corrected chi connectivity index (χ1v) is 5.23. The number of hydrogen-bond donors (Lipinski definition) is 1. The lowest BCUT2D eigenvalue weighted by Gasteiger charge is -2.15. The topological polar surface area (TPSA) is 77.6 Å². The van der Waals surface area contributed by atoms with E-state index >= 15 is 0 Å². The molecule has 0 saturated heterocycles. The Bertz CT molecular complexity index is 379. The van der Waals surface area contributed by atoms with E-state index in [4.69, 9.17) is 10.6 Å². The molecule has 0 bridgehead atoms. The van der Waals surface area contributed by atoms with Crippen molar-refractivity contribution in [1.82, 2.24) is 4.98 Å². The van der Waals surface area contributed by atoms with E-state index < -0.39 is 5.60 Å². The third-order valence-corrected chi connectivity index (χ3v) is 1.99. The van der Waals surface area contributed by atoms with E-state index in [0.717, 1.165) is 0 Å². The van der Waals surface area contributed by atoms with Crippen LogP contribution in [0.1, 0.15) is 26.5 Å². The Labute approximate surface area is 91.9 Å². The normalized spacial score (nSPS) is 12.6. The highest BCUT2D eigenvalue weighted by atomic mass is 32.1. The minimum absolute atomic E-state index is 0.151. The quantitative estimate of drug-likeness (QED) is 0.481. The molecule has 0 spiro atoms. The van der Waals surface area contributed by atoms with Crippen LogP contribution in [0.15, 0.2) is 10.5 Å². The molecule has 6 heteroatoms. The van der Waals surface area contributed by atoms with Crippen LogP contribution < -0.4 is 5.73 Å². The van der Waals surface area contributed by atoms with Gasteiger partial charge in [0.2, 0.25) is 0 Å². The molecule has 2 N–H and O–H groups in total. The summed E-state index contributed by atoms with van der Waals surface area (Å²) in [5.41, 5.74) is 5.61. The van der Waals surface area contributed by atoms with Gasteiger partial charge in [0.05, 0.1) is 0 Å². The first kappa shape index (κ1) is 11.6. The molecule has 15 heavy (non-hydrogen) atoms. The van der Waals surface area contributed by atoms with E-state index in [1.54, 1.807) is 5.38 Å². The first-order chi connectivity index (χ1) is 6.92. The van der Waals surface area contributed by atoms with Crippen LogP contribution in [0.4, 0.5) is 5.13 Å². The van der Waals surface area contributed by atoms with Gasteiger partial charge < -0.3 is 10.6 Å². The maximum absolute atomic E-state index is 10.7. The standard InChI is InChI=1S/C9H13N3O2S/c1-9(2,3)14-12-6(4-13)7-5-15-8(10)11-7/h4-5H,1-3H3,(H2,10,11). The summed E-state index contributed by atoms with van der Waals surface area (Å²) < 4.78 is 0. The van der Waals surface area contributed by atoms with Crippen LogP contribution in [-0.2, 0) is 9.63 Å². The fourth-order valence-corrected chi connectivity index (χ4v) is 1.28. The zero-order chi connectivity index (χ0) is 11.5. The summed E-state index contributed by atoms with van der Waals surface area (Å²) in [6.07, 6.45) is 0.597. The first-order valence-electron chi connectivity index (χ1n) is 4.35. The SMILES string of the molecule is CC(C)(C)ON=C(C=O)c1csc(N)n1. The molecule has 0 unspecified atom stereocenters. The molecule has 0 aromatic carbocycles. The van der Waals surface area contributed by atoms with Crippen molar-refractivity contribution in [2.75, 3.05) is 5.73 Å². The third kappa shape index (κ3) is 3.67. The number of rotatable bonds is 3. The number of nitrogens with two attached hydrogens (primary N) is 1. The molecular formula is C9H13N3O2S. The second-order valence-electron chi connectivity index (χ2n) is 3.87. The van der Waals surface area contributed by atoms with Gasteiger partial charge in [-0.25, -0.2) is 4.98 Å². The molecule has 0 aliphatic heterocycles. The van der Waals surface area contributed by atoms with Gasteiger partial charge in [0.15, 0.2) is 17.1 Å². The summed E-state index contributed by atoms with van der Waals surface area (Å²) in [7, 11) is 0. The second kappa shape index (κ2) is 4.39. The van der Waals surface area contributed by atoms with E-state index in [9.17, 15) is 4.79 Å². The van der Waals surface area contributed by atoms with Crippen LogP contribution in [0.3, 0.4) is 0 Å². The number of nitrogens with zero attached hydrogens (tertiary/aromatic N) is 2. The Morgan fingerprint density at radius 3 is 2.73 bits per heavy atom. The summed E-state index contributed by atoms with van der Waals surface area (Å²) in [4.78, 5) is 19.8. The van der Waals surface area contributed by atoms with Gasteiger partial charge in [0, 0.05) is 5.38 Å². The molecule has 0 fully saturated rings. The molecule has 0 saturated carbocycles. The van der Waals surface area contributed by atoms with Crippen molar-refractivity contribution in [1.29, 1.82) is 0 Å². The predicted molar refractivity (Wildman–Crippen MR) is 60.0 cm³/mol. The fraction of sp³-hybridized carbons (Fsp3) is 0.444. The smallest absolute Gasteiger partial charge is 0.180 e. The summed E-state index contributed by atoms with van der Waals surface area (Å²) in [5, 5.41) is 5.79. The number of oxime groups is 1. The molecule has 1 aromatic rings. The van der Waals surface area contributed by atoms with Crippen LogP contribution in [0.5, 0.6) is 0 Å². The number of aromatic nitrogens is 1. The Balaban J connectivity index is 2.85. The highest BCUT2D eigenvalue weighted by molar-refractivity contribution is 7.13. The van der Waals surface area contributed by atoms with Gasteiger partial charge in [-0.1, -0.05) is 5.16 Å². The Kier molecular flexibility index (Phi) is 3.41. The van der Waals surface area contributed by atoms with E-state index in [1.807, 2.05) is 20.8 Å². The lowest BCUT2D eigenvalue weighted by molar-refractivity contribution is -0.103. The highest BCUT2D eigenvalue weighted by Crippen LogP contribution is 2.13. The monoisotopic (exact) mass is 227 g/mol. The second-order valence-corrected chi connectivity index (χ2v) is 4.76. The molecule has 5 nitrogen and oxygen atoms in total. The van der Waals surface area contributed by atoms with Crippen LogP contribution in [-0.4, -0.2) is 22.6 Å². The van der Waals surface area contributed by atoms with Gasteiger partial charge in [-0.15, -0.1) is 11.3 Å². The van der Waals surface area contributed by atoms with Gasteiger partial charge in [0.25, 0.3) is 0 Å². The Morgan fingerprint density at radius 2 is 2.33 bits per heavy atom. The lowest BCUT2D eigenvalue weighted by atomic mass is 10.2. The van der Waals surface area contributed by atoms with Crippen LogP contribution >= 0.6 is 11.3 Å². The maximum atomic E-state index is 10.7. The van der Waals surface area contributed by atoms with Crippen molar-refractivity contribution in [3.8, 4) is 0 Å². The van der Waals surface area contributed by atoms with Crippen molar-refractivity contribution in [2.24, 2.45) is 5.16 Å². The highest BCUT2D eigenvalue weighted by Gasteiger charge is 2.13. The predicted octanol–water partition coefficient (Wildman–Crippen LogP) is 1.44. The average molecular weight is 227 g/mol. The minimum atomic E-state index is -0.435. The van der Waals surface area contributed by atoms with E-state index in [-0.39, 0.29) is 5.71 Å². The number of aldehydes is 1. The molecule has 0 atom stereocenters. The van der Waals surface area contributed by atoms with E-state index in [0.29, 0.717) is 17.1 Å². The molecule has 1 aromatic heterocycles. The van der Waals surface area contributed by atoms with Crippen molar-refractivity contribution in [3.05, 3.63) is 11.1 Å². The number of thiazole rings is 1. The van der Waals surface area contributed by atoms with Gasteiger partial charge in [-0.2, -0.15) is 0 Å². The van der Waals surface area contributed by atoms with Crippen LogP contribution in [0.2, 0.25) is 0 Å². The molecular weight excluding hydrogens is 214 g/mol. The van der Waals surface area contributed by atoms with Crippen molar-refractivity contribution < 1.29 is 9.63 Å². The molecule has 1 rings (SSSR count). The minimum Gasteiger partial charge on any atom is -0.389 e. The summed E-state index contributed by atoms with van der Waals surface area (Å²) in [6, 6.07) is 0. The summed E-state index contributed by atoms with van der Waals surface area (Å²) in [6.45, 7) is 5.52. The average Bonchev–Trinajstić information content (AvgIpc) is 2.51. The zero-order valence-corrected chi connectivity index (χ0v) is 9.67. The Morgan fingerprint density at radius 1 is 1.67 bits per heavy atom. The van der Waals surface area contributed by atoms with Gasteiger partial charge in [-0.3, -0.25) is 4.79 Å². The third-order valence-electron chi connectivity index (χ3n) is 1.31. The van der Waals surface area contributed by atoms with Gasteiger partial charge in [0.1, 0.15) is 11.3 Å². The number of anilines is 1. The number of nitrogen functional groups attached to an aromatic ring is 1. The summed E-state index contributed by atoms with van der Waals surface area (Å²) in [5.74, 6) is 0. The number of hydrogen-bond acceptors (Lipinski definition) is 6. The van der Waals surface area contributed by atoms with Crippen molar-refractivity contribution in [2.45, 2.75) is 26.4 Å². The molecule has 82 valence electrons. The molecule has 1 heterocycles. The summed E-state index contributed by atoms with van der Waals surface area (Å²) >= 11 is 1.25. The molecule has 0 aliphatic rings. The Hall–Kier alpha value is -1.43. The van der Waals surface area contributed by atoms with Crippen molar-refractivity contribution in [3.63, 3.8) is 0 Å². The molecule has 0 amide bonds. The van der Waals surface area contributed by atoms with Gasteiger partial charge in [-0.05, 0) is 20.8 Å². The van der Waals surface area contributed by atoms with Crippen molar-refractivity contribution >= 4 is 28.5 Å². The fourth-order valence-electron chi connectivity index (χ4n) is 0.720. The maximum Gasteiger partial charge on any atom is 0.180 e. The largest absolute Gasteiger partial charge is 0.389 e. The zero-order valence-electron chi connectivity index (χ0n) is 8.85. The van der Waals surface area contributed by atoms with Crippen LogP contribution in [0.25, 0.3) is 0 Å². The van der Waals surface area contributed by atoms with E-state index in [1.165, 1.54) is 11.3 Å². The molecule has 0 aliphatic carbocycles. The van der Waals surface area contributed by atoms with Gasteiger partial charge >= 0.3 is 0 Å². The van der Waals surface area contributed by atoms with E-state index in [2.05, 4.69) is 10.1 Å². The number of carbonyl (C=O) groups is 1.